The molecule has 0 spiro atoms. The van der Waals surface area contributed by atoms with Crippen LogP contribution >= 0.6 is 0 Å². The quantitative estimate of drug-likeness (QED) is 0.906. The van der Waals surface area contributed by atoms with Gasteiger partial charge in [0.2, 0.25) is 0 Å². The summed E-state index contributed by atoms with van der Waals surface area (Å²) in [7, 11) is 0. The fourth-order valence-electron chi connectivity index (χ4n) is 2.20. The molecule has 1 N–H and O–H groups in total. The molecule has 114 valence electrons. The van der Waals surface area contributed by atoms with Gasteiger partial charge in [0, 0.05) is 10.9 Å². The van der Waals surface area contributed by atoms with E-state index in [1.54, 1.807) is 24.3 Å². The lowest BCUT2D eigenvalue weighted by atomic mass is 9.90. The summed E-state index contributed by atoms with van der Waals surface area (Å²) in [5.41, 5.74) is -3.13. The van der Waals surface area contributed by atoms with Gasteiger partial charge in [-0.3, -0.25) is 0 Å². The first-order chi connectivity index (χ1) is 9.79. The second kappa shape index (κ2) is 5.56. The van der Waals surface area contributed by atoms with Crippen LogP contribution in [0, 0.1) is 0 Å². The zero-order chi connectivity index (χ0) is 15.7. The van der Waals surface area contributed by atoms with Gasteiger partial charge in [-0.05, 0) is 24.8 Å². The second-order valence-corrected chi connectivity index (χ2v) is 5.08. The number of aliphatic hydroxyl groups is 1. The third-order valence-corrected chi connectivity index (χ3v) is 3.40. The maximum absolute atomic E-state index is 13.1. The largest absolute Gasteiger partial charge is 0.493 e. The summed E-state index contributed by atoms with van der Waals surface area (Å²) < 4.78 is 45.0. The summed E-state index contributed by atoms with van der Waals surface area (Å²) in [4.78, 5) is 0. The molecule has 0 aromatic heterocycles. The minimum atomic E-state index is -4.76. The number of alkyl halides is 3. The van der Waals surface area contributed by atoms with Crippen LogP contribution in [0.15, 0.2) is 36.4 Å². The summed E-state index contributed by atoms with van der Waals surface area (Å²) in [6.45, 7) is 3.08. The molecule has 0 bridgehead atoms. The second-order valence-electron chi connectivity index (χ2n) is 5.08. The molecule has 0 amide bonds. The molecule has 0 radical (unpaired) electrons. The number of hydrogen-bond acceptors (Lipinski definition) is 2. The molecule has 2 aromatic rings. The fourth-order valence-corrected chi connectivity index (χ4v) is 2.20. The summed E-state index contributed by atoms with van der Waals surface area (Å²) in [6, 6.07) is 9.53. The van der Waals surface area contributed by atoms with Gasteiger partial charge in [-0.15, -0.1) is 0 Å². The Bertz CT molecular complexity index is 628. The maximum Gasteiger partial charge on any atom is 0.421 e. The average Bonchev–Trinajstić information content (AvgIpc) is 2.43. The van der Waals surface area contributed by atoms with Crippen LogP contribution < -0.4 is 4.74 Å². The Balaban J connectivity index is 2.69. The van der Waals surface area contributed by atoms with Crippen LogP contribution in [0.2, 0.25) is 0 Å². The van der Waals surface area contributed by atoms with E-state index in [4.69, 9.17) is 4.74 Å². The Morgan fingerprint density at radius 2 is 1.71 bits per heavy atom. The van der Waals surface area contributed by atoms with Crippen molar-refractivity contribution in [2.75, 3.05) is 6.61 Å². The van der Waals surface area contributed by atoms with Crippen molar-refractivity contribution in [1.29, 1.82) is 0 Å². The third-order valence-electron chi connectivity index (χ3n) is 3.40. The lowest BCUT2D eigenvalue weighted by Crippen LogP contribution is -2.39. The molecule has 0 saturated carbocycles. The number of hydrogen-bond donors (Lipinski definition) is 1. The van der Waals surface area contributed by atoms with Crippen molar-refractivity contribution in [2.45, 2.75) is 32.0 Å². The molecule has 21 heavy (non-hydrogen) atoms. The lowest BCUT2D eigenvalue weighted by molar-refractivity contribution is -0.258. The van der Waals surface area contributed by atoms with Gasteiger partial charge in [0.1, 0.15) is 5.75 Å². The first-order valence-electron chi connectivity index (χ1n) is 6.73. The van der Waals surface area contributed by atoms with E-state index in [0.29, 0.717) is 23.1 Å². The first-order valence-corrected chi connectivity index (χ1v) is 6.73. The normalized spacial score (nSPS) is 15.0. The highest BCUT2D eigenvalue weighted by atomic mass is 19.4. The van der Waals surface area contributed by atoms with Gasteiger partial charge in [-0.2, -0.15) is 13.2 Å². The number of ether oxygens (including phenoxy) is 1. The van der Waals surface area contributed by atoms with E-state index < -0.39 is 11.8 Å². The molecule has 2 aromatic carbocycles. The Morgan fingerprint density at radius 3 is 2.29 bits per heavy atom. The Morgan fingerprint density at radius 1 is 1.10 bits per heavy atom. The third kappa shape index (κ3) is 2.83. The molecule has 1 atom stereocenters. The van der Waals surface area contributed by atoms with E-state index >= 15 is 0 Å². The van der Waals surface area contributed by atoms with Crippen LogP contribution in [-0.2, 0) is 5.60 Å². The highest BCUT2D eigenvalue weighted by Gasteiger charge is 2.52. The molecule has 0 aliphatic heterocycles. The van der Waals surface area contributed by atoms with Crippen LogP contribution in [0.3, 0.4) is 0 Å². The van der Waals surface area contributed by atoms with Crippen molar-refractivity contribution in [3.8, 4) is 5.75 Å². The van der Waals surface area contributed by atoms with Gasteiger partial charge in [0.05, 0.1) is 6.61 Å². The van der Waals surface area contributed by atoms with Crippen molar-refractivity contribution in [1.82, 2.24) is 0 Å². The zero-order valence-electron chi connectivity index (χ0n) is 11.9. The number of benzene rings is 2. The summed E-state index contributed by atoms with van der Waals surface area (Å²) in [6.07, 6.45) is -4.02. The molecule has 1 unspecified atom stereocenters. The molecule has 0 aliphatic carbocycles. The van der Waals surface area contributed by atoms with Gasteiger partial charge < -0.3 is 9.84 Å². The number of halogens is 3. The van der Waals surface area contributed by atoms with E-state index in [1.165, 1.54) is 12.1 Å². The highest BCUT2D eigenvalue weighted by Crippen LogP contribution is 2.43. The summed E-state index contributed by atoms with van der Waals surface area (Å²) in [5, 5.41) is 10.9. The molecular formula is C16H17F3O2. The van der Waals surface area contributed by atoms with Crippen molar-refractivity contribution in [3.05, 3.63) is 42.0 Å². The fraction of sp³-hybridized carbons (Fsp3) is 0.375. The van der Waals surface area contributed by atoms with E-state index in [2.05, 4.69) is 0 Å². The van der Waals surface area contributed by atoms with Crippen LogP contribution in [0.25, 0.3) is 10.8 Å². The maximum atomic E-state index is 13.1. The molecule has 2 rings (SSSR count). The van der Waals surface area contributed by atoms with E-state index in [1.807, 2.05) is 6.92 Å². The van der Waals surface area contributed by atoms with Gasteiger partial charge in [0.25, 0.3) is 0 Å². The smallest absolute Gasteiger partial charge is 0.421 e. The summed E-state index contributed by atoms with van der Waals surface area (Å²) in [5.74, 6) is 0.356. The Labute approximate surface area is 121 Å². The minimum Gasteiger partial charge on any atom is -0.493 e. The van der Waals surface area contributed by atoms with E-state index in [0.717, 1.165) is 13.3 Å². The van der Waals surface area contributed by atoms with Crippen LogP contribution in [0.5, 0.6) is 5.75 Å². The predicted molar refractivity (Wildman–Crippen MR) is 75.4 cm³/mol. The van der Waals surface area contributed by atoms with E-state index in [-0.39, 0.29) is 5.56 Å². The minimum absolute atomic E-state index is 0.195. The Hall–Kier alpha value is -1.75. The van der Waals surface area contributed by atoms with Crippen molar-refractivity contribution < 1.29 is 23.0 Å². The predicted octanol–water partition coefficient (Wildman–Crippen LogP) is 4.40. The molecule has 0 aliphatic rings. The molecule has 5 heteroatoms. The van der Waals surface area contributed by atoms with Crippen LogP contribution in [-0.4, -0.2) is 17.9 Å². The molecule has 0 saturated heterocycles. The highest BCUT2D eigenvalue weighted by molar-refractivity contribution is 5.92. The number of rotatable bonds is 4. The Kier molecular flexibility index (Phi) is 4.14. The van der Waals surface area contributed by atoms with E-state index in [9.17, 15) is 18.3 Å². The van der Waals surface area contributed by atoms with Gasteiger partial charge in [-0.1, -0.05) is 37.3 Å². The van der Waals surface area contributed by atoms with Crippen LogP contribution in [0.1, 0.15) is 25.8 Å². The molecule has 0 heterocycles. The SMILES string of the molecule is CCCOc1cccc2cccc(C(C)(O)C(F)(F)F)c12. The van der Waals surface area contributed by atoms with Crippen LogP contribution in [0.4, 0.5) is 13.2 Å². The molecule has 2 nitrogen and oxygen atoms in total. The average molecular weight is 298 g/mol. The first kappa shape index (κ1) is 15.6. The lowest BCUT2D eigenvalue weighted by Gasteiger charge is -2.28. The standard InChI is InChI=1S/C16H17F3O2/c1-3-10-21-13-9-5-7-11-6-4-8-12(14(11)13)15(2,20)16(17,18)19/h4-9,20H,3,10H2,1-2H3. The monoisotopic (exact) mass is 298 g/mol. The number of fused-ring (bicyclic) bond motifs is 1. The van der Waals surface area contributed by atoms with Gasteiger partial charge >= 0.3 is 6.18 Å². The van der Waals surface area contributed by atoms with Crippen molar-refractivity contribution >= 4 is 10.8 Å². The van der Waals surface area contributed by atoms with Crippen molar-refractivity contribution in [2.24, 2.45) is 0 Å². The molecular weight excluding hydrogens is 281 g/mol. The molecule has 0 fully saturated rings. The van der Waals surface area contributed by atoms with Gasteiger partial charge in [-0.25, -0.2) is 0 Å². The topological polar surface area (TPSA) is 29.5 Å². The summed E-state index contributed by atoms with van der Waals surface area (Å²) >= 11 is 0. The van der Waals surface area contributed by atoms with Gasteiger partial charge in [0.15, 0.2) is 5.60 Å². The zero-order valence-corrected chi connectivity index (χ0v) is 11.9. The van der Waals surface area contributed by atoms with Crippen molar-refractivity contribution in [3.63, 3.8) is 0 Å².